The Kier molecular flexibility index (Phi) is 9.39. The van der Waals surface area contributed by atoms with E-state index in [1.54, 1.807) is 50.4 Å². The summed E-state index contributed by atoms with van der Waals surface area (Å²) < 4.78 is 30.3. The number of rotatable bonds is 7. The van der Waals surface area contributed by atoms with Gasteiger partial charge in [-0.3, -0.25) is 0 Å². The van der Waals surface area contributed by atoms with Gasteiger partial charge in [0, 0.05) is 23.7 Å². The van der Waals surface area contributed by atoms with E-state index in [1.807, 2.05) is 31.3 Å². The Morgan fingerprint density at radius 2 is 1.57 bits per heavy atom. The van der Waals surface area contributed by atoms with E-state index in [4.69, 9.17) is 10.3 Å². The Bertz CT molecular complexity index is 1370. The molecule has 186 valence electrons. The van der Waals surface area contributed by atoms with Crippen molar-refractivity contribution in [3.8, 4) is 34.0 Å². The van der Waals surface area contributed by atoms with Gasteiger partial charge < -0.3 is 15.6 Å². The smallest absolute Gasteiger partial charge is 0.189 e. The summed E-state index contributed by atoms with van der Waals surface area (Å²) in [6.45, 7) is 4.10. The van der Waals surface area contributed by atoms with E-state index in [0.717, 1.165) is 12.1 Å². The highest BCUT2D eigenvalue weighted by molar-refractivity contribution is 7.92. The lowest BCUT2D eigenvalue weighted by atomic mass is 10.1. The summed E-state index contributed by atoms with van der Waals surface area (Å²) in [7, 11) is -1.44. The first-order chi connectivity index (χ1) is 15.8. The molecule has 0 spiro atoms. The van der Waals surface area contributed by atoms with E-state index in [0.29, 0.717) is 28.4 Å². The summed E-state index contributed by atoms with van der Waals surface area (Å²) in [6.07, 6.45) is 1.54. The lowest BCUT2D eigenvalue weighted by Crippen LogP contribution is -2.13. The minimum Gasteiger partial charge on any atom is -0.382 e. The van der Waals surface area contributed by atoms with Crippen LogP contribution in [0.3, 0.4) is 0 Å². The summed E-state index contributed by atoms with van der Waals surface area (Å²) in [5.74, 6) is 0.611. The molecular weight excluding hydrogens is 509 g/mol. The number of nitrogen functional groups attached to an aromatic ring is 1. The van der Waals surface area contributed by atoms with Crippen LogP contribution < -0.4 is 11.1 Å². The second kappa shape index (κ2) is 11.6. The van der Waals surface area contributed by atoms with Gasteiger partial charge in [-0.2, -0.15) is 0 Å². The van der Waals surface area contributed by atoms with Crippen LogP contribution in [-0.2, 0) is 16.4 Å². The van der Waals surface area contributed by atoms with Crippen LogP contribution in [0.2, 0.25) is 0 Å². The maximum Gasteiger partial charge on any atom is 0.189 e. The SMILES string of the molecule is CNCc1ccc(-c2cc(-c3nc(-c4ccc(S(=O)(=O)C(C)C)cc4)cnc3N)on2)cc1.Cl.Cl. The molecule has 0 atom stereocenters. The van der Waals surface area contributed by atoms with Gasteiger partial charge in [-0.15, -0.1) is 24.8 Å². The van der Waals surface area contributed by atoms with Gasteiger partial charge in [0.05, 0.1) is 22.0 Å². The molecule has 4 rings (SSSR count). The number of nitrogens with zero attached hydrogens (tertiary/aromatic N) is 3. The van der Waals surface area contributed by atoms with E-state index in [-0.39, 0.29) is 35.5 Å². The molecule has 2 heterocycles. The Hall–Kier alpha value is -2.98. The van der Waals surface area contributed by atoms with Crippen molar-refractivity contribution in [2.24, 2.45) is 0 Å². The first kappa shape index (κ1) is 28.3. The van der Waals surface area contributed by atoms with Crippen molar-refractivity contribution in [2.45, 2.75) is 30.5 Å². The summed E-state index contributed by atoms with van der Waals surface area (Å²) in [4.78, 5) is 9.12. The Balaban J connectivity index is 0.00000216. The number of halogens is 2. The van der Waals surface area contributed by atoms with Crippen LogP contribution in [0.5, 0.6) is 0 Å². The van der Waals surface area contributed by atoms with Gasteiger partial charge in [0.25, 0.3) is 0 Å². The zero-order chi connectivity index (χ0) is 23.6. The molecule has 0 unspecified atom stereocenters. The predicted octanol–water partition coefficient (Wildman–Crippen LogP) is 4.79. The van der Waals surface area contributed by atoms with Gasteiger partial charge >= 0.3 is 0 Å². The van der Waals surface area contributed by atoms with E-state index in [2.05, 4.69) is 20.4 Å². The molecule has 0 bridgehead atoms. The quantitative estimate of drug-likeness (QED) is 0.346. The maximum absolute atomic E-state index is 12.4. The fourth-order valence-corrected chi connectivity index (χ4v) is 4.39. The molecule has 0 fully saturated rings. The molecule has 0 aliphatic heterocycles. The van der Waals surface area contributed by atoms with E-state index in [9.17, 15) is 8.42 Å². The van der Waals surface area contributed by atoms with Crippen molar-refractivity contribution in [3.05, 3.63) is 66.4 Å². The van der Waals surface area contributed by atoms with Crippen LogP contribution >= 0.6 is 24.8 Å². The third-order valence-corrected chi connectivity index (χ3v) is 7.44. The van der Waals surface area contributed by atoms with Crippen molar-refractivity contribution in [3.63, 3.8) is 0 Å². The molecule has 2 aromatic heterocycles. The zero-order valence-corrected chi connectivity index (χ0v) is 21.9. The molecule has 8 nitrogen and oxygen atoms in total. The summed E-state index contributed by atoms with van der Waals surface area (Å²) in [5, 5.41) is 6.78. The summed E-state index contributed by atoms with van der Waals surface area (Å²) >= 11 is 0. The molecule has 0 saturated carbocycles. The number of aromatic nitrogens is 3. The molecule has 0 radical (unpaired) electrons. The van der Waals surface area contributed by atoms with E-state index >= 15 is 0 Å². The van der Waals surface area contributed by atoms with Crippen LogP contribution in [0.1, 0.15) is 19.4 Å². The lowest BCUT2D eigenvalue weighted by molar-refractivity contribution is 0.434. The van der Waals surface area contributed by atoms with Gasteiger partial charge in [-0.25, -0.2) is 18.4 Å². The minimum atomic E-state index is -3.35. The number of hydrogen-bond donors (Lipinski definition) is 2. The van der Waals surface area contributed by atoms with Crippen molar-refractivity contribution in [1.29, 1.82) is 0 Å². The lowest BCUT2D eigenvalue weighted by Gasteiger charge is -2.09. The van der Waals surface area contributed by atoms with Crippen molar-refractivity contribution in [2.75, 3.05) is 12.8 Å². The average Bonchev–Trinajstić information content (AvgIpc) is 3.30. The van der Waals surface area contributed by atoms with Crippen LogP contribution in [0.25, 0.3) is 34.0 Å². The Labute approximate surface area is 217 Å². The minimum absolute atomic E-state index is 0. The van der Waals surface area contributed by atoms with E-state index in [1.165, 1.54) is 5.56 Å². The van der Waals surface area contributed by atoms with Crippen LogP contribution in [-0.4, -0.2) is 35.8 Å². The van der Waals surface area contributed by atoms with Gasteiger partial charge in [0.2, 0.25) is 0 Å². The molecule has 4 aromatic rings. The highest BCUT2D eigenvalue weighted by atomic mass is 35.5. The fraction of sp³-hybridized carbons (Fsp3) is 0.208. The topological polar surface area (TPSA) is 124 Å². The maximum atomic E-state index is 12.4. The van der Waals surface area contributed by atoms with Gasteiger partial charge in [0.1, 0.15) is 5.69 Å². The van der Waals surface area contributed by atoms with Gasteiger partial charge in [0.15, 0.2) is 27.1 Å². The third kappa shape index (κ3) is 5.99. The predicted molar refractivity (Wildman–Crippen MR) is 142 cm³/mol. The largest absolute Gasteiger partial charge is 0.382 e. The van der Waals surface area contributed by atoms with Gasteiger partial charge in [-0.05, 0) is 38.6 Å². The van der Waals surface area contributed by atoms with Crippen LogP contribution in [0.15, 0.2) is 70.2 Å². The van der Waals surface area contributed by atoms with E-state index < -0.39 is 15.1 Å². The third-order valence-electron chi connectivity index (χ3n) is 5.27. The Morgan fingerprint density at radius 3 is 2.17 bits per heavy atom. The second-order valence-corrected chi connectivity index (χ2v) is 10.4. The fourth-order valence-electron chi connectivity index (χ4n) is 3.33. The highest BCUT2D eigenvalue weighted by Crippen LogP contribution is 2.30. The molecule has 35 heavy (non-hydrogen) atoms. The first-order valence-corrected chi connectivity index (χ1v) is 12.0. The van der Waals surface area contributed by atoms with Crippen molar-refractivity contribution >= 4 is 40.5 Å². The average molecular weight is 536 g/mol. The normalized spacial score (nSPS) is 11.1. The number of benzene rings is 2. The number of sulfone groups is 1. The molecule has 0 aliphatic rings. The monoisotopic (exact) mass is 535 g/mol. The van der Waals surface area contributed by atoms with Crippen LogP contribution in [0.4, 0.5) is 5.82 Å². The second-order valence-electron chi connectivity index (χ2n) is 7.91. The van der Waals surface area contributed by atoms with Gasteiger partial charge in [-0.1, -0.05) is 41.6 Å². The molecule has 3 N–H and O–H groups in total. The van der Waals surface area contributed by atoms with Crippen LogP contribution in [0, 0.1) is 0 Å². The molecule has 0 aliphatic carbocycles. The Morgan fingerprint density at radius 1 is 0.971 bits per heavy atom. The number of nitrogens with one attached hydrogen (secondary N) is 1. The first-order valence-electron chi connectivity index (χ1n) is 10.5. The number of nitrogens with two attached hydrogens (primary N) is 1. The number of anilines is 1. The zero-order valence-electron chi connectivity index (χ0n) is 19.4. The standard InChI is InChI=1S/C24H25N5O3S.2ClH/c1-15(2)33(30,31)19-10-8-18(9-11-19)21-14-27-24(25)23(28-21)22-12-20(29-32-22)17-6-4-16(5-7-17)13-26-3;;/h4-12,14-15,26H,13H2,1-3H3,(H2,25,27);2*1H. The molecule has 2 aromatic carbocycles. The summed E-state index contributed by atoms with van der Waals surface area (Å²) in [5.41, 5.74) is 10.4. The molecule has 11 heteroatoms. The van der Waals surface area contributed by atoms with Crippen molar-refractivity contribution < 1.29 is 12.9 Å². The molecule has 0 saturated heterocycles. The number of hydrogen-bond acceptors (Lipinski definition) is 8. The molecule has 0 amide bonds. The summed E-state index contributed by atoms with van der Waals surface area (Å²) in [6, 6.07) is 16.3. The molecular formula is C24H27Cl2N5O3S. The van der Waals surface area contributed by atoms with Crippen molar-refractivity contribution in [1.82, 2.24) is 20.4 Å². The highest BCUT2D eigenvalue weighted by Gasteiger charge is 2.20.